The Balaban J connectivity index is 1.63. The van der Waals surface area contributed by atoms with Crippen LogP contribution < -0.4 is 10.6 Å². The number of hydrogen-bond donors (Lipinski definition) is 2. The van der Waals surface area contributed by atoms with Gasteiger partial charge in [0.05, 0.1) is 0 Å². The summed E-state index contributed by atoms with van der Waals surface area (Å²) >= 11 is 3.32. The third-order valence-corrected chi connectivity index (χ3v) is 4.22. The fourth-order valence-corrected chi connectivity index (χ4v) is 2.53. The molecule has 0 aliphatic carbocycles. The highest BCUT2D eigenvalue weighted by molar-refractivity contribution is 9.10. The molecule has 0 aromatic heterocycles. The highest BCUT2D eigenvalue weighted by atomic mass is 79.9. The van der Waals surface area contributed by atoms with Crippen LogP contribution in [0, 0.1) is 6.92 Å². The Hall–Kier alpha value is -2.67. The van der Waals surface area contributed by atoms with Crippen LogP contribution in [0.5, 0.6) is 0 Å². The molecule has 0 bridgehead atoms. The molecule has 0 aliphatic heterocycles. The first-order valence-corrected chi connectivity index (χ1v) is 9.30. The van der Waals surface area contributed by atoms with Crippen molar-refractivity contribution < 1.29 is 19.1 Å². The van der Waals surface area contributed by atoms with E-state index in [1.807, 2.05) is 37.3 Å². The maximum absolute atomic E-state index is 11.8. The van der Waals surface area contributed by atoms with E-state index in [1.54, 1.807) is 18.2 Å². The molecule has 0 unspecified atom stereocenters. The number of amides is 2. The van der Waals surface area contributed by atoms with Crippen molar-refractivity contribution in [3.63, 3.8) is 0 Å². The van der Waals surface area contributed by atoms with Crippen molar-refractivity contribution in [1.82, 2.24) is 0 Å². The average molecular weight is 433 g/mol. The number of hydrogen-bond acceptors (Lipinski definition) is 4. The number of nitrogens with one attached hydrogen (secondary N) is 2. The van der Waals surface area contributed by atoms with E-state index in [2.05, 4.69) is 26.6 Å². The fourth-order valence-electron chi connectivity index (χ4n) is 2.27. The minimum Gasteiger partial charge on any atom is -0.456 e. The fraction of sp³-hybridized carbons (Fsp3) is 0.250. The number of aryl methyl sites for hydroxylation is 1. The van der Waals surface area contributed by atoms with Gasteiger partial charge in [-0.2, -0.15) is 0 Å². The zero-order valence-corrected chi connectivity index (χ0v) is 16.5. The van der Waals surface area contributed by atoms with Crippen molar-refractivity contribution in [2.75, 3.05) is 17.2 Å². The predicted molar refractivity (Wildman–Crippen MR) is 107 cm³/mol. The van der Waals surface area contributed by atoms with Crippen LogP contribution in [0.25, 0.3) is 0 Å². The second kappa shape index (κ2) is 10.5. The van der Waals surface area contributed by atoms with Crippen molar-refractivity contribution in [2.45, 2.75) is 26.2 Å². The van der Waals surface area contributed by atoms with E-state index in [-0.39, 0.29) is 25.4 Å². The van der Waals surface area contributed by atoms with E-state index < -0.39 is 11.9 Å². The molecular formula is C20H21BrN2O4. The first kappa shape index (κ1) is 20.6. The Kier molecular flexibility index (Phi) is 8.00. The number of esters is 1. The Morgan fingerprint density at radius 2 is 1.63 bits per heavy atom. The van der Waals surface area contributed by atoms with Crippen LogP contribution in [0.15, 0.2) is 53.0 Å². The van der Waals surface area contributed by atoms with Gasteiger partial charge < -0.3 is 15.4 Å². The van der Waals surface area contributed by atoms with Crippen molar-refractivity contribution >= 4 is 45.1 Å². The number of para-hydroxylation sites is 1. The maximum Gasteiger partial charge on any atom is 0.306 e. The van der Waals surface area contributed by atoms with E-state index >= 15 is 0 Å². The van der Waals surface area contributed by atoms with E-state index in [1.165, 1.54) is 0 Å². The minimum atomic E-state index is -0.508. The molecule has 2 aromatic carbocycles. The van der Waals surface area contributed by atoms with Gasteiger partial charge in [0.15, 0.2) is 6.61 Å². The van der Waals surface area contributed by atoms with Gasteiger partial charge in [0.2, 0.25) is 5.91 Å². The Morgan fingerprint density at radius 3 is 2.33 bits per heavy atom. The molecule has 0 spiro atoms. The van der Waals surface area contributed by atoms with Gasteiger partial charge in [-0.1, -0.05) is 34.1 Å². The first-order valence-electron chi connectivity index (χ1n) is 8.50. The summed E-state index contributed by atoms with van der Waals surface area (Å²) in [5.74, 6) is -1.08. The van der Waals surface area contributed by atoms with Gasteiger partial charge in [0.25, 0.3) is 5.91 Å². The maximum atomic E-state index is 11.8. The molecule has 0 heterocycles. The number of anilines is 2. The normalized spacial score (nSPS) is 10.1. The molecule has 142 valence electrons. The van der Waals surface area contributed by atoms with Crippen molar-refractivity contribution in [3.05, 3.63) is 58.6 Å². The summed E-state index contributed by atoms with van der Waals surface area (Å²) in [4.78, 5) is 35.4. The lowest BCUT2D eigenvalue weighted by Crippen LogP contribution is -2.21. The summed E-state index contributed by atoms with van der Waals surface area (Å²) in [6, 6.07) is 14.6. The topological polar surface area (TPSA) is 84.5 Å². The van der Waals surface area contributed by atoms with Gasteiger partial charge in [-0.05, 0) is 49.2 Å². The van der Waals surface area contributed by atoms with Crippen LogP contribution in [0.2, 0.25) is 0 Å². The highest BCUT2D eigenvalue weighted by Crippen LogP contribution is 2.15. The van der Waals surface area contributed by atoms with Crippen molar-refractivity contribution in [1.29, 1.82) is 0 Å². The smallest absolute Gasteiger partial charge is 0.306 e. The zero-order valence-electron chi connectivity index (χ0n) is 15.0. The van der Waals surface area contributed by atoms with E-state index in [0.29, 0.717) is 17.8 Å². The molecule has 27 heavy (non-hydrogen) atoms. The molecule has 0 saturated carbocycles. The number of rotatable bonds is 8. The summed E-state index contributed by atoms with van der Waals surface area (Å²) in [7, 11) is 0. The SMILES string of the molecule is Cc1ccccc1NC(=O)COC(=O)CCCC(=O)Nc1ccc(Br)cc1. The molecule has 2 amide bonds. The van der Waals surface area contributed by atoms with Gasteiger partial charge >= 0.3 is 5.97 Å². The standard InChI is InChI=1S/C20H21BrN2O4/c1-14-5-2-3-6-17(14)23-19(25)13-27-20(26)8-4-7-18(24)22-16-11-9-15(21)10-12-16/h2-3,5-6,9-12H,4,7-8,13H2,1H3,(H,22,24)(H,23,25). The van der Waals surface area contributed by atoms with Crippen molar-refractivity contribution in [3.8, 4) is 0 Å². The lowest BCUT2D eigenvalue weighted by molar-refractivity contribution is -0.147. The summed E-state index contributed by atoms with van der Waals surface area (Å²) < 4.78 is 5.87. The summed E-state index contributed by atoms with van der Waals surface area (Å²) in [5, 5.41) is 5.44. The number of carbonyl (C=O) groups is 3. The van der Waals surface area contributed by atoms with Crippen LogP contribution in [-0.4, -0.2) is 24.4 Å². The predicted octanol–water partition coefficient (Wildman–Crippen LogP) is 4.05. The van der Waals surface area contributed by atoms with E-state index in [9.17, 15) is 14.4 Å². The first-order chi connectivity index (χ1) is 12.9. The van der Waals surface area contributed by atoms with Gasteiger partial charge in [-0.25, -0.2) is 0 Å². The highest BCUT2D eigenvalue weighted by Gasteiger charge is 2.10. The van der Waals surface area contributed by atoms with Crippen LogP contribution in [0.4, 0.5) is 11.4 Å². The minimum absolute atomic E-state index is 0.0748. The van der Waals surface area contributed by atoms with Gasteiger partial charge in [-0.15, -0.1) is 0 Å². The molecular weight excluding hydrogens is 412 g/mol. The average Bonchev–Trinajstić information content (AvgIpc) is 2.64. The quantitative estimate of drug-likeness (QED) is 0.616. The van der Waals surface area contributed by atoms with Crippen LogP contribution >= 0.6 is 15.9 Å². The van der Waals surface area contributed by atoms with Gasteiger partial charge in [0, 0.05) is 28.7 Å². The number of carbonyl (C=O) groups excluding carboxylic acids is 3. The van der Waals surface area contributed by atoms with Gasteiger partial charge in [0.1, 0.15) is 0 Å². The zero-order chi connectivity index (χ0) is 19.6. The lowest BCUT2D eigenvalue weighted by atomic mass is 10.2. The Labute approximate surface area is 166 Å². The molecule has 0 fully saturated rings. The summed E-state index contributed by atoms with van der Waals surface area (Å²) in [5.41, 5.74) is 2.30. The largest absolute Gasteiger partial charge is 0.456 e. The third kappa shape index (κ3) is 7.62. The monoisotopic (exact) mass is 432 g/mol. The Bertz CT molecular complexity index is 806. The van der Waals surface area contributed by atoms with Crippen LogP contribution in [0.1, 0.15) is 24.8 Å². The molecule has 0 radical (unpaired) electrons. The Morgan fingerprint density at radius 1 is 0.926 bits per heavy atom. The molecule has 2 rings (SSSR count). The second-order valence-corrected chi connectivity index (χ2v) is 6.85. The van der Waals surface area contributed by atoms with E-state index in [4.69, 9.17) is 4.74 Å². The molecule has 2 N–H and O–H groups in total. The third-order valence-electron chi connectivity index (χ3n) is 3.70. The number of halogens is 1. The summed E-state index contributed by atoms with van der Waals surface area (Å²) in [6.07, 6.45) is 0.618. The van der Waals surface area contributed by atoms with E-state index in [0.717, 1.165) is 10.0 Å². The van der Waals surface area contributed by atoms with Crippen LogP contribution in [0.3, 0.4) is 0 Å². The van der Waals surface area contributed by atoms with Crippen molar-refractivity contribution in [2.24, 2.45) is 0 Å². The van der Waals surface area contributed by atoms with Gasteiger partial charge in [-0.3, -0.25) is 14.4 Å². The molecule has 7 heteroatoms. The molecule has 2 aromatic rings. The molecule has 0 saturated heterocycles. The van der Waals surface area contributed by atoms with Crippen LogP contribution in [-0.2, 0) is 19.1 Å². The number of benzene rings is 2. The lowest BCUT2D eigenvalue weighted by Gasteiger charge is -2.09. The molecule has 0 aliphatic rings. The number of ether oxygens (including phenoxy) is 1. The molecule has 6 nitrogen and oxygen atoms in total. The second-order valence-electron chi connectivity index (χ2n) is 5.93. The molecule has 0 atom stereocenters. The summed E-state index contributed by atoms with van der Waals surface area (Å²) in [6.45, 7) is 1.53.